The first kappa shape index (κ1) is 9.24. The van der Waals surface area contributed by atoms with Gasteiger partial charge in [0.2, 0.25) is 0 Å². The van der Waals surface area contributed by atoms with Crippen LogP contribution in [0.4, 0.5) is 0 Å². The van der Waals surface area contributed by atoms with E-state index < -0.39 is 0 Å². The van der Waals surface area contributed by atoms with E-state index in [-0.39, 0.29) is 0 Å². The van der Waals surface area contributed by atoms with Crippen molar-refractivity contribution in [1.82, 2.24) is 0 Å². The van der Waals surface area contributed by atoms with Crippen LogP contribution in [0, 0.1) is 0 Å². The summed E-state index contributed by atoms with van der Waals surface area (Å²) in [5, 5.41) is 0. The van der Waals surface area contributed by atoms with Gasteiger partial charge < -0.3 is 0 Å². The first-order chi connectivity index (χ1) is 6.93. The molecular weight excluding hydrogens is 235 g/mol. The molecule has 1 heterocycles. The molecule has 0 spiro atoms. The van der Waals surface area contributed by atoms with Gasteiger partial charge in [0.25, 0.3) is 0 Å². The molecule has 0 aromatic heterocycles. The molecule has 76 valence electrons. The summed E-state index contributed by atoms with van der Waals surface area (Å²) in [5.74, 6) is 0. The fourth-order valence-electron chi connectivity index (χ4n) is 2.91. The Morgan fingerprint density at radius 1 is 0.643 bits per heavy atom. The third-order valence-corrected chi connectivity index (χ3v) is 6.83. The molecule has 0 nitrogen and oxygen atoms in total. The number of allylic oxidation sites excluding steroid dienone is 4. The van der Waals surface area contributed by atoms with Crippen molar-refractivity contribution in [3.63, 3.8) is 0 Å². The summed E-state index contributed by atoms with van der Waals surface area (Å²) in [6.07, 6.45) is 13.1. The second-order valence-electron chi connectivity index (χ2n) is 4.75. The Kier molecular flexibility index (Phi) is 2.55. The van der Waals surface area contributed by atoms with Crippen molar-refractivity contribution < 1.29 is 0 Å². The molecule has 0 aromatic carbocycles. The zero-order chi connectivity index (χ0) is 9.38. The first-order valence-corrected chi connectivity index (χ1v) is 7.74. The average Bonchev–Trinajstić information content (AvgIpc) is 2.26. The van der Waals surface area contributed by atoms with Gasteiger partial charge in [-0.25, -0.2) is 0 Å². The third kappa shape index (κ3) is 1.61. The van der Waals surface area contributed by atoms with Crippen LogP contribution >= 0.6 is 0 Å². The molecule has 1 heteroatoms. The second kappa shape index (κ2) is 3.87. The van der Waals surface area contributed by atoms with Crippen LogP contribution < -0.4 is 0 Å². The zero-order valence-corrected chi connectivity index (χ0v) is 10.5. The molecule has 0 aromatic rings. The normalized spacial score (nSPS) is 27.4. The van der Waals surface area contributed by atoms with Crippen LogP contribution in [0.25, 0.3) is 0 Å². The molecule has 0 radical (unpaired) electrons. The topological polar surface area (TPSA) is 0 Å². The van der Waals surface area contributed by atoms with Gasteiger partial charge in [0.15, 0.2) is 0 Å². The molecule has 0 bridgehead atoms. The molecule has 0 N–H and O–H groups in total. The van der Waals surface area contributed by atoms with E-state index in [0.29, 0.717) is 0 Å². The summed E-state index contributed by atoms with van der Waals surface area (Å²) in [6.45, 7) is 0. The number of rotatable bonds is 0. The SMILES string of the molecule is C1CCC2=C(C1)CC1=C(CCCC1)[Se]2. The van der Waals surface area contributed by atoms with Gasteiger partial charge in [-0.1, -0.05) is 0 Å². The molecular formula is C13H18Se. The minimum absolute atomic E-state index is 0.795. The fraction of sp³-hybridized carbons (Fsp3) is 0.692. The molecule has 0 atom stereocenters. The van der Waals surface area contributed by atoms with Crippen molar-refractivity contribution >= 4 is 15.0 Å². The van der Waals surface area contributed by atoms with Gasteiger partial charge in [-0.2, -0.15) is 0 Å². The molecule has 3 aliphatic rings. The summed E-state index contributed by atoms with van der Waals surface area (Å²) < 4.78 is 3.81. The molecule has 2 aliphatic carbocycles. The number of hydrogen-bond donors (Lipinski definition) is 0. The zero-order valence-electron chi connectivity index (χ0n) is 8.77. The van der Waals surface area contributed by atoms with E-state index in [1.54, 1.807) is 0 Å². The van der Waals surface area contributed by atoms with Crippen molar-refractivity contribution in [3.05, 3.63) is 20.1 Å². The van der Waals surface area contributed by atoms with Gasteiger partial charge in [0, 0.05) is 0 Å². The fourth-order valence-corrected chi connectivity index (χ4v) is 5.90. The summed E-state index contributed by atoms with van der Waals surface area (Å²) in [7, 11) is 0. The molecule has 1 aliphatic heterocycles. The van der Waals surface area contributed by atoms with Gasteiger partial charge in [0.05, 0.1) is 0 Å². The van der Waals surface area contributed by atoms with Crippen molar-refractivity contribution in [1.29, 1.82) is 0 Å². The van der Waals surface area contributed by atoms with Crippen molar-refractivity contribution in [2.75, 3.05) is 0 Å². The van der Waals surface area contributed by atoms with E-state index >= 15 is 0 Å². The molecule has 0 unspecified atom stereocenters. The Hall–Kier alpha value is -0.000519. The first-order valence-electron chi connectivity index (χ1n) is 6.03. The molecule has 14 heavy (non-hydrogen) atoms. The number of hydrogen-bond acceptors (Lipinski definition) is 0. The molecule has 0 amide bonds. The van der Waals surface area contributed by atoms with Crippen LogP contribution in [-0.4, -0.2) is 15.0 Å². The standard InChI is InChI=1S/C13H18Se/c1-3-7-12-10(5-1)9-11-6-2-4-8-13(11)14-12/h1-9H2. The van der Waals surface area contributed by atoms with Gasteiger partial charge >= 0.3 is 92.8 Å². The molecule has 0 saturated heterocycles. The Balaban J connectivity index is 1.84. The van der Waals surface area contributed by atoms with Crippen molar-refractivity contribution in [3.8, 4) is 0 Å². The molecule has 0 saturated carbocycles. The van der Waals surface area contributed by atoms with Crippen LogP contribution in [0.5, 0.6) is 0 Å². The Labute approximate surface area is 93.0 Å². The van der Waals surface area contributed by atoms with Crippen molar-refractivity contribution in [2.24, 2.45) is 0 Å². The van der Waals surface area contributed by atoms with E-state index in [4.69, 9.17) is 0 Å². The molecule has 3 rings (SSSR count). The van der Waals surface area contributed by atoms with Crippen LogP contribution in [0.1, 0.15) is 57.8 Å². The van der Waals surface area contributed by atoms with Gasteiger partial charge in [0.1, 0.15) is 0 Å². The van der Waals surface area contributed by atoms with Crippen LogP contribution in [-0.2, 0) is 0 Å². The molecule has 0 fully saturated rings. The van der Waals surface area contributed by atoms with E-state index in [1.165, 1.54) is 57.8 Å². The quantitative estimate of drug-likeness (QED) is 0.577. The van der Waals surface area contributed by atoms with E-state index in [2.05, 4.69) is 0 Å². The van der Waals surface area contributed by atoms with Crippen molar-refractivity contribution in [2.45, 2.75) is 57.8 Å². The van der Waals surface area contributed by atoms with Gasteiger partial charge in [-0.05, 0) is 0 Å². The van der Waals surface area contributed by atoms with E-state index in [1.807, 2.05) is 20.1 Å². The summed E-state index contributed by atoms with van der Waals surface area (Å²) in [5.41, 5.74) is 3.74. The predicted octanol–water partition coefficient (Wildman–Crippen LogP) is 3.75. The van der Waals surface area contributed by atoms with Gasteiger partial charge in [-0.15, -0.1) is 0 Å². The van der Waals surface area contributed by atoms with Crippen LogP contribution in [0.15, 0.2) is 20.1 Å². The third-order valence-electron chi connectivity index (χ3n) is 3.73. The maximum atomic E-state index is 1.91. The maximum absolute atomic E-state index is 1.91. The monoisotopic (exact) mass is 254 g/mol. The van der Waals surface area contributed by atoms with Crippen LogP contribution in [0.2, 0.25) is 0 Å². The Bertz CT molecular complexity index is 249. The average molecular weight is 253 g/mol. The summed E-state index contributed by atoms with van der Waals surface area (Å²) >= 11 is 0.795. The second-order valence-corrected chi connectivity index (χ2v) is 7.24. The van der Waals surface area contributed by atoms with Crippen LogP contribution in [0.3, 0.4) is 0 Å². The Morgan fingerprint density at radius 2 is 1.14 bits per heavy atom. The summed E-state index contributed by atoms with van der Waals surface area (Å²) in [6, 6.07) is 0. The van der Waals surface area contributed by atoms with E-state index in [9.17, 15) is 0 Å². The van der Waals surface area contributed by atoms with Gasteiger partial charge in [-0.3, -0.25) is 0 Å². The minimum atomic E-state index is 0.795. The van der Waals surface area contributed by atoms with E-state index in [0.717, 1.165) is 15.0 Å². The summed E-state index contributed by atoms with van der Waals surface area (Å²) in [4.78, 5) is 0. The predicted molar refractivity (Wildman–Crippen MR) is 61.4 cm³/mol. The Morgan fingerprint density at radius 3 is 1.71 bits per heavy atom.